The van der Waals surface area contributed by atoms with Crippen LogP contribution < -0.4 is 5.56 Å². The molecule has 0 saturated carbocycles. The Morgan fingerprint density at radius 1 is 1.50 bits per heavy atom. The minimum Gasteiger partial charge on any atom is -0.309 e. The van der Waals surface area contributed by atoms with Crippen molar-refractivity contribution in [2.45, 2.75) is 5.88 Å². The molecular formula is C9H6ClFN2O. The molecule has 5 heteroatoms. The molecule has 0 fully saturated rings. The first-order chi connectivity index (χ1) is 6.72. The molecule has 0 aliphatic rings. The minimum atomic E-state index is -0.514. The van der Waals surface area contributed by atoms with Crippen molar-refractivity contribution >= 4 is 22.5 Å². The summed E-state index contributed by atoms with van der Waals surface area (Å²) in [5, 5.41) is 0.235. The summed E-state index contributed by atoms with van der Waals surface area (Å²) in [7, 11) is 0. The third kappa shape index (κ3) is 1.37. The summed E-state index contributed by atoms with van der Waals surface area (Å²) in [5.74, 6) is -0.186. The summed E-state index contributed by atoms with van der Waals surface area (Å²) in [5.41, 5.74) is -0.308. The van der Waals surface area contributed by atoms with Gasteiger partial charge in [0, 0.05) is 0 Å². The fourth-order valence-corrected chi connectivity index (χ4v) is 1.36. The zero-order valence-corrected chi connectivity index (χ0v) is 7.81. The number of hydrogen-bond donors (Lipinski definition) is 1. The molecule has 0 aliphatic carbocycles. The minimum absolute atomic E-state index is 0.0551. The van der Waals surface area contributed by atoms with E-state index in [0.29, 0.717) is 0 Å². The SMILES string of the molecule is O=c1[nH]c(CCl)nc2c(F)cccc12. The summed E-state index contributed by atoms with van der Waals surface area (Å²) < 4.78 is 13.2. The maximum Gasteiger partial charge on any atom is 0.258 e. The molecule has 1 N–H and O–H groups in total. The number of aromatic nitrogens is 2. The van der Waals surface area contributed by atoms with Crippen molar-refractivity contribution in [2.24, 2.45) is 0 Å². The summed E-state index contributed by atoms with van der Waals surface area (Å²) in [4.78, 5) is 17.7. The Morgan fingerprint density at radius 3 is 3.00 bits per heavy atom. The zero-order valence-electron chi connectivity index (χ0n) is 7.05. The molecule has 0 spiro atoms. The predicted molar refractivity (Wildman–Crippen MR) is 51.9 cm³/mol. The van der Waals surface area contributed by atoms with Gasteiger partial charge in [0.2, 0.25) is 0 Å². The van der Waals surface area contributed by atoms with Crippen molar-refractivity contribution in [3.8, 4) is 0 Å². The molecule has 0 radical (unpaired) electrons. The normalized spacial score (nSPS) is 10.7. The van der Waals surface area contributed by atoms with Crippen molar-refractivity contribution in [1.29, 1.82) is 0 Å². The topological polar surface area (TPSA) is 45.8 Å². The second-order valence-electron chi connectivity index (χ2n) is 2.78. The molecule has 72 valence electrons. The van der Waals surface area contributed by atoms with Gasteiger partial charge in [-0.1, -0.05) is 6.07 Å². The standard InChI is InChI=1S/C9H6ClFN2O/c10-4-7-12-8-5(9(14)13-7)2-1-3-6(8)11/h1-3H,4H2,(H,12,13,14). The molecule has 0 aliphatic heterocycles. The molecule has 3 nitrogen and oxygen atoms in total. The van der Waals surface area contributed by atoms with Crippen LogP contribution in [0.4, 0.5) is 4.39 Å². The van der Waals surface area contributed by atoms with Crippen LogP contribution in [-0.2, 0) is 5.88 Å². The average Bonchev–Trinajstić information content (AvgIpc) is 2.19. The lowest BCUT2D eigenvalue weighted by Gasteiger charge is -1.99. The van der Waals surface area contributed by atoms with Gasteiger partial charge in [-0.15, -0.1) is 11.6 Å². The van der Waals surface area contributed by atoms with Crippen LogP contribution in [0.3, 0.4) is 0 Å². The largest absolute Gasteiger partial charge is 0.309 e. The highest BCUT2D eigenvalue weighted by molar-refractivity contribution is 6.16. The number of rotatable bonds is 1. The average molecular weight is 213 g/mol. The maximum atomic E-state index is 13.2. The molecule has 1 aromatic heterocycles. The Labute approximate surface area is 83.5 Å². The third-order valence-corrected chi connectivity index (χ3v) is 2.12. The summed E-state index contributed by atoms with van der Waals surface area (Å²) in [6.07, 6.45) is 0. The molecule has 2 rings (SSSR count). The highest BCUT2D eigenvalue weighted by Crippen LogP contribution is 2.11. The Balaban J connectivity index is 2.91. The fraction of sp³-hybridized carbons (Fsp3) is 0.111. The Hall–Kier alpha value is -1.42. The van der Waals surface area contributed by atoms with E-state index < -0.39 is 5.82 Å². The Bertz CT molecular complexity index is 538. The van der Waals surface area contributed by atoms with Gasteiger partial charge in [-0.05, 0) is 12.1 Å². The van der Waals surface area contributed by atoms with E-state index in [1.807, 2.05) is 0 Å². The van der Waals surface area contributed by atoms with Gasteiger partial charge in [0.15, 0.2) is 0 Å². The highest BCUT2D eigenvalue weighted by Gasteiger charge is 2.06. The van der Waals surface area contributed by atoms with Crippen molar-refractivity contribution < 1.29 is 4.39 Å². The second kappa shape index (κ2) is 3.38. The molecule has 0 unspecified atom stereocenters. The zero-order chi connectivity index (χ0) is 10.1. The molecule has 14 heavy (non-hydrogen) atoms. The number of H-pyrrole nitrogens is 1. The lowest BCUT2D eigenvalue weighted by molar-refractivity contribution is 0.635. The van der Waals surface area contributed by atoms with Crippen LogP contribution in [0.2, 0.25) is 0 Å². The molecule has 0 saturated heterocycles. The number of nitrogens with zero attached hydrogens (tertiary/aromatic N) is 1. The van der Waals surface area contributed by atoms with Gasteiger partial charge < -0.3 is 4.98 Å². The van der Waals surface area contributed by atoms with Crippen LogP contribution >= 0.6 is 11.6 Å². The van der Waals surface area contributed by atoms with Gasteiger partial charge in [-0.25, -0.2) is 9.37 Å². The summed E-state index contributed by atoms with van der Waals surface area (Å²) in [6.45, 7) is 0. The number of alkyl halides is 1. The number of benzene rings is 1. The van der Waals surface area contributed by atoms with Gasteiger partial charge in [0.25, 0.3) is 5.56 Å². The van der Waals surface area contributed by atoms with Gasteiger partial charge in [0.05, 0.1) is 11.3 Å². The van der Waals surface area contributed by atoms with Crippen molar-refractivity contribution in [1.82, 2.24) is 9.97 Å². The molecule has 0 bridgehead atoms. The maximum absolute atomic E-state index is 13.2. The first kappa shape index (κ1) is 9.15. The first-order valence-corrected chi connectivity index (χ1v) is 4.49. The molecule has 0 atom stereocenters. The molecule has 2 aromatic rings. The van der Waals surface area contributed by atoms with Crippen LogP contribution in [0.5, 0.6) is 0 Å². The Kier molecular flexibility index (Phi) is 2.21. The van der Waals surface area contributed by atoms with Crippen molar-refractivity contribution in [3.05, 3.63) is 40.2 Å². The van der Waals surface area contributed by atoms with E-state index in [9.17, 15) is 9.18 Å². The van der Waals surface area contributed by atoms with E-state index in [0.717, 1.165) is 0 Å². The van der Waals surface area contributed by atoms with E-state index in [1.54, 1.807) is 0 Å². The number of para-hydroxylation sites is 1. The smallest absolute Gasteiger partial charge is 0.258 e. The van der Waals surface area contributed by atoms with Crippen molar-refractivity contribution in [3.63, 3.8) is 0 Å². The number of aromatic amines is 1. The molecule has 1 aromatic carbocycles. The molecule has 0 amide bonds. The van der Waals surface area contributed by atoms with Crippen LogP contribution in [0.15, 0.2) is 23.0 Å². The fourth-order valence-electron chi connectivity index (χ4n) is 1.24. The van der Waals surface area contributed by atoms with E-state index in [1.165, 1.54) is 18.2 Å². The lowest BCUT2D eigenvalue weighted by atomic mass is 10.2. The van der Waals surface area contributed by atoms with Gasteiger partial charge in [-0.2, -0.15) is 0 Å². The van der Waals surface area contributed by atoms with Crippen molar-refractivity contribution in [2.75, 3.05) is 0 Å². The first-order valence-electron chi connectivity index (χ1n) is 3.96. The highest BCUT2D eigenvalue weighted by atomic mass is 35.5. The quantitative estimate of drug-likeness (QED) is 0.733. The van der Waals surface area contributed by atoms with Gasteiger partial charge >= 0.3 is 0 Å². The monoisotopic (exact) mass is 212 g/mol. The van der Waals surface area contributed by atoms with E-state index in [4.69, 9.17) is 11.6 Å². The number of nitrogens with one attached hydrogen (secondary N) is 1. The van der Waals surface area contributed by atoms with Crippen LogP contribution in [0, 0.1) is 5.82 Å². The van der Waals surface area contributed by atoms with E-state index in [-0.39, 0.29) is 28.2 Å². The Morgan fingerprint density at radius 2 is 2.29 bits per heavy atom. The molecule has 1 heterocycles. The summed E-state index contributed by atoms with van der Waals surface area (Å²) >= 11 is 5.50. The van der Waals surface area contributed by atoms with Crippen LogP contribution in [-0.4, -0.2) is 9.97 Å². The summed E-state index contributed by atoms with van der Waals surface area (Å²) in [6, 6.07) is 4.24. The number of halogens is 2. The third-order valence-electron chi connectivity index (χ3n) is 1.86. The predicted octanol–water partition coefficient (Wildman–Crippen LogP) is 1.80. The molecular weight excluding hydrogens is 207 g/mol. The second-order valence-corrected chi connectivity index (χ2v) is 3.05. The number of hydrogen-bond acceptors (Lipinski definition) is 2. The van der Waals surface area contributed by atoms with E-state index >= 15 is 0 Å². The van der Waals surface area contributed by atoms with Gasteiger partial charge in [-0.3, -0.25) is 4.79 Å². The van der Waals surface area contributed by atoms with Gasteiger partial charge in [0.1, 0.15) is 17.2 Å². The van der Waals surface area contributed by atoms with Crippen LogP contribution in [0.1, 0.15) is 5.82 Å². The van der Waals surface area contributed by atoms with E-state index in [2.05, 4.69) is 9.97 Å². The lowest BCUT2D eigenvalue weighted by Crippen LogP contribution is -2.11. The number of fused-ring (bicyclic) bond motifs is 1. The van der Waals surface area contributed by atoms with Crippen LogP contribution in [0.25, 0.3) is 10.9 Å².